The van der Waals surface area contributed by atoms with E-state index in [9.17, 15) is 0 Å². The number of hydrogen-bond donors (Lipinski definition) is 3. The quantitative estimate of drug-likeness (QED) is 0.0888. The summed E-state index contributed by atoms with van der Waals surface area (Å²) in [5.74, 6) is 3.92. The maximum absolute atomic E-state index is 7.07. The molecular weight excluding hydrogens is 608 g/mol. The molecule has 4 rings (SSSR count). The number of unbranched alkanes of at least 4 members (excludes halogenated alkanes) is 3. The summed E-state index contributed by atoms with van der Waals surface area (Å²) in [6.45, 7) is 20.8. The van der Waals surface area contributed by atoms with Crippen molar-refractivity contribution < 1.29 is 14.2 Å². The van der Waals surface area contributed by atoms with Crippen molar-refractivity contribution in [2.45, 2.75) is 162 Å². The number of nitrogens with zero attached hydrogens (tertiary/aromatic N) is 1. The summed E-state index contributed by atoms with van der Waals surface area (Å²) in [5, 5.41) is 0. The highest BCUT2D eigenvalue weighted by Gasteiger charge is 2.66. The van der Waals surface area contributed by atoms with Gasteiger partial charge in [-0.25, -0.2) is 0 Å². The molecule has 288 valence electrons. The van der Waals surface area contributed by atoms with Gasteiger partial charge < -0.3 is 36.3 Å². The summed E-state index contributed by atoms with van der Waals surface area (Å²) in [7, 11) is 0. The molecule has 6 N–H and O–H groups in total. The molecule has 4 fully saturated rings. The molecule has 0 aromatic carbocycles. The van der Waals surface area contributed by atoms with E-state index >= 15 is 0 Å². The van der Waals surface area contributed by atoms with Crippen LogP contribution in [0.2, 0.25) is 0 Å². The Hall–Kier alpha value is -0.280. The van der Waals surface area contributed by atoms with Crippen LogP contribution in [0.25, 0.3) is 0 Å². The van der Waals surface area contributed by atoms with Gasteiger partial charge in [-0.2, -0.15) is 0 Å². The van der Waals surface area contributed by atoms with Gasteiger partial charge in [0.2, 0.25) is 0 Å². The fraction of sp³-hybridized carbons (Fsp3) is 1.00. The monoisotopic (exact) mass is 691 g/mol. The average Bonchev–Trinajstić information content (AvgIpc) is 3.45. The third kappa shape index (κ3) is 10.2. The molecule has 7 heteroatoms. The Bertz CT molecular complexity index is 909. The van der Waals surface area contributed by atoms with Gasteiger partial charge in [0.05, 0.1) is 18.3 Å². The van der Waals surface area contributed by atoms with Gasteiger partial charge in [0.1, 0.15) is 0 Å². The minimum atomic E-state index is 0.180. The summed E-state index contributed by atoms with van der Waals surface area (Å²) >= 11 is 0. The van der Waals surface area contributed by atoms with Crippen LogP contribution in [-0.4, -0.2) is 82.3 Å². The summed E-state index contributed by atoms with van der Waals surface area (Å²) in [6.07, 6.45) is 21.7. The van der Waals surface area contributed by atoms with Crippen molar-refractivity contribution in [1.29, 1.82) is 0 Å². The second kappa shape index (κ2) is 20.8. The summed E-state index contributed by atoms with van der Waals surface area (Å²) in [5.41, 5.74) is 18.3. The van der Waals surface area contributed by atoms with Crippen LogP contribution in [0.4, 0.5) is 0 Å². The molecule has 49 heavy (non-hydrogen) atoms. The van der Waals surface area contributed by atoms with Crippen molar-refractivity contribution in [2.24, 2.45) is 63.5 Å². The minimum Gasteiger partial charge on any atom is -0.378 e. The number of rotatable bonds is 24. The number of nitrogens with two attached hydrogens (primary N) is 3. The molecule has 0 spiro atoms. The van der Waals surface area contributed by atoms with E-state index in [1.165, 1.54) is 103 Å². The van der Waals surface area contributed by atoms with E-state index in [2.05, 4.69) is 39.5 Å². The second-order valence-electron chi connectivity index (χ2n) is 17.5. The van der Waals surface area contributed by atoms with Crippen molar-refractivity contribution >= 4 is 0 Å². The first-order chi connectivity index (χ1) is 23.8. The maximum atomic E-state index is 7.07. The lowest BCUT2D eigenvalue weighted by atomic mass is 9.43. The molecule has 0 aliphatic heterocycles. The SMILES string of the molecule is CCCCCN(CCCC)CCCC(C)C1CC[C@H]2C3[C@H](OCCCN)CC4C[C@H](OCCCN)CCC4(C)[C@H]3C[C@H](OCCCN)C12C. The highest BCUT2D eigenvalue weighted by molar-refractivity contribution is 5.15. The summed E-state index contributed by atoms with van der Waals surface area (Å²) in [4.78, 5) is 2.77. The van der Waals surface area contributed by atoms with E-state index in [1.54, 1.807) is 0 Å². The highest BCUT2D eigenvalue weighted by atomic mass is 16.5. The van der Waals surface area contributed by atoms with Gasteiger partial charge in [-0.1, -0.05) is 53.9 Å². The zero-order chi connectivity index (χ0) is 35.3. The molecule has 0 aromatic heterocycles. The van der Waals surface area contributed by atoms with Crippen molar-refractivity contribution in [3.8, 4) is 0 Å². The van der Waals surface area contributed by atoms with Crippen molar-refractivity contribution in [3.63, 3.8) is 0 Å². The van der Waals surface area contributed by atoms with E-state index in [4.69, 9.17) is 31.4 Å². The number of ether oxygens (including phenoxy) is 3. The predicted molar refractivity (Wildman–Crippen MR) is 205 cm³/mol. The fourth-order valence-electron chi connectivity index (χ4n) is 11.7. The topological polar surface area (TPSA) is 109 Å². The lowest BCUT2D eigenvalue weighted by molar-refractivity contribution is -0.227. The van der Waals surface area contributed by atoms with E-state index in [0.29, 0.717) is 78.9 Å². The van der Waals surface area contributed by atoms with Crippen LogP contribution in [0.15, 0.2) is 0 Å². The maximum Gasteiger partial charge on any atom is 0.0637 e. The molecule has 7 nitrogen and oxygen atoms in total. The van der Waals surface area contributed by atoms with Crippen LogP contribution in [0.5, 0.6) is 0 Å². The van der Waals surface area contributed by atoms with E-state index in [1.807, 2.05) is 0 Å². The lowest BCUT2D eigenvalue weighted by Gasteiger charge is -2.65. The third-order valence-electron chi connectivity index (χ3n) is 14.5. The molecule has 0 aromatic rings. The van der Waals surface area contributed by atoms with Gasteiger partial charge in [0, 0.05) is 25.2 Å². The van der Waals surface area contributed by atoms with Crippen LogP contribution < -0.4 is 17.2 Å². The van der Waals surface area contributed by atoms with Gasteiger partial charge in [0.15, 0.2) is 0 Å². The Labute approximate surface area is 303 Å². The van der Waals surface area contributed by atoms with E-state index < -0.39 is 0 Å². The van der Waals surface area contributed by atoms with Crippen LogP contribution in [0, 0.1) is 46.3 Å². The van der Waals surface area contributed by atoms with Gasteiger partial charge in [-0.05, 0) is 170 Å². The van der Waals surface area contributed by atoms with Crippen molar-refractivity contribution in [3.05, 3.63) is 0 Å². The van der Waals surface area contributed by atoms with Gasteiger partial charge in [-0.3, -0.25) is 0 Å². The number of fused-ring (bicyclic) bond motifs is 5. The van der Waals surface area contributed by atoms with Crippen LogP contribution in [0.1, 0.15) is 144 Å². The fourth-order valence-corrected chi connectivity index (χ4v) is 11.7. The third-order valence-corrected chi connectivity index (χ3v) is 14.5. The Balaban J connectivity index is 1.54. The number of hydrogen-bond acceptors (Lipinski definition) is 7. The molecule has 0 amide bonds. The Morgan fingerprint density at radius 1 is 0.694 bits per heavy atom. The van der Waals surface area contributed by atoms with Crippen molar-refractivity contribution in [1.82, 2.24) is 4.90 Å². The molecule has 0 saturated heterocycles. The highest BCUT2D eigenvalue weighted by Crippen LogP contribution is 2.69. The van der Waals surface area contributed by atoms with Crippen LogP contribution >= 0.6 is 0 Å². The standard InChI is InChI=1S/C42H82N4O3/c1-6-8-10-24-46(23-9-7-2)25-11-15-32(3)35-16-17-36-40-37(31-39(42(35,36)5)49-28-14-22-45)41(4)19-18-34(47-26-12-20-43)29-33(41)30-38(40)48-27-13-21-44/h32-40H,6-31,43-45H2,1-5H3/t32?,33?,34-,35?,36+,37+,38-,39+,40?,41?,42?/m1/s1. The van der Waals surface area contributed by atoms with Crippen molar-refractivity contribution in [2.75, 3.05) is 59.1 Å². The normalized spacial score (nSPS) is 36.4. The first-order valence-corrected chi connectivity index (χ1v) is 21.5. The molecule has 0 bridgehead atoms. The Kier molecular flexibility index (Phi) is 17.6. The zero-order valence-corrected chi connectivity index (χ0v) is 33.0. The molecule has 11 atom stereocenters. The molecule has 4 aliphatic carbocycles. The Morgan fingerprint density at radius 2 is 1.35 bits per heavy atom. The molecular formula is C42H82N4O3. The first-order valence-electron chi connectivity index (χ1n) is 21.5. The molecule has 4 saturated carbocycles. The smallest absolute Gasteiger partial charge is 0.0637 e. The molecule has 0 radical (unpaired) electrons. The second-order valence-corrected chi connectivity index (χ2v) is 17.5. The van der Waals surface area contributed by atoms with Gasteiger partial charge in [-0.15, -0.1) is 0 Å². The van der Waals surface area contributed by atoms with Gasteiger partial charge >= 0.3 is 0 Å². The largest absolute Gasteiger partial charge is 0.378 e. The predicted octanol–water partition coefficient (Wildman–Crippen LogP) is 7.78. The molecule has 0 heterocycles. The van der Waals surface area contributed by atoms with Crippen LogP contribution in [-0.2, 0) is 14.2 Å². The lowest BCUT2D eigenvalue weighted by Crippen LogP contribution is -2.63. The minimum absolute atomic E-state index is 0.180. The van der Waals surface area contributed by atoms with Gasteiger partial charge in [0.25, 0.3) is 0 Å². The van der Waals surface area contributed by atoms with Crippen LogP contribution in [0.3, 0.4) is 0 Å². The summed E-state index contributed by atoms with van der Waals surface area (Å²) in [6, 6.07) is 0. The first kappa shape index (κ1) is 41.5. The molecule has 6 unspecified atom stereocenters. The molecule has 4 aliphatic rings. The Morgan fingerprint density at radius 3 is 2.04 bits per heavy atom. The average molecular weight is 691 g/mol. The van der Waals surface area contributed by atoms with E-state index in [0.717, 1.165) is 45.5 Å². The zero-order valence-electron chi connectivity index (χ0n) is 33.0. The summed E-state index contributed by atoms with van der Waals surface area (Å²) < 4.78 is 20.5. The van der Waals surface area contributed by atoms with E-state index in [-0.39, 0.29) is 5.41 Å².